The van der Waals surface area contributed by atoms with Gasteiger partial charge in [-0.1, -0.05) is 17.7 Å². The zero-order chi connectivity index (χ0) is 18.5. The summed E-state index contributed by atoms with van der Waals surface area (Å²) in [5, 5.41) is 0.438. The lowest BCUT2D eigenvalue weighted by atomic mass is 10.1. The van der Waals surface area contributed by atoms with Gasteiger partial charge in [0.25, 0.3) is 0 Å². The Kier molecular flexibility index (Phi) is 5.73. The van der Waals surface area contributed by atoms with E-state index < -0.39 is 0 Å². The van der Waals surface area contributed by atoms with E-state index in [0.29, 0.717) is 41.2 Å². The number of benzene rings is 2. The fourth-order valence-corrected chi connectivity index (χ4v) is 2.91. The van der Waals surface area contributed by atoms with Gasteiger partial charge in [0.2, 0.25) is 0 Å². The van der Waals surface area contributed by atoms with Gasteiger partial charge in [0.1, 0.15) is 19.8 Å². The van der Waals surface area contributed by atoms with Gasteiger partial charge in [-0.2, -0.15) is 0 Å². The Morgan fingerprint density at radius 2 is 1.81 bits per heavy atom. The molecular weight excluding hydrogens is 360 g/mol. The molecule has 138 valence electrons. The van der Waals surface area contributed by atoms with Gasteiger partial charge in [-0.3, -0.25) is 4.79 Å². The normalized spacial score (nSPS) is 12.4. The van der Waals surface area contributed by atoms with Crippen LogP contribution in [0.2, 0.25) is 5.02 Å². The van der Waals surface area contributed by atoms with Gasteiger partial charge in [-0.25, -0.2) is 0 Å². The second-order valence-electron chi connectivity index (χ2n) is 5.63. The maximum atomic E-state index is 12.1. The standard InChI is InChI=1S/C19H19ClO6/c1-22-15-4-3-12(8-16(15)23-2)10-18(21)26-11-13-7-14(20)19-17(9-13)24-5-6-25-19/h3-4,7-9H,5-6,10-11H2,1-2H3. The van der Waals surface area contributed by atoms with Crippen LogP contribution in [0.1, 0.15) is 11.1 Å². The number of esters is 1. The first-order valence-corrected chi connectivity index (χ1v) is 8.43. The second-order valence-corrected chi connectivity index (χ2v) is 6.04. The molecule has 0 atom stereocenters. The van der Waals surface area contributed by atoms with E-state index in [-0.39, 0.29) is 19.0 Å². The first-order valence-electron chi connectivity index (χ1n) is 8.05. The van der Waals surface area contributed by atoms with Crippen molar-refractivity contribution < 1.29 is 28.5 Å². The van der Waals surface area contributed by atoms with Crippen molar-refractivity contribution in [2.24, 2.45) is 0 Å². The molecule has 0 aromatic heterocycles. The molecule has 2 aromatic carbocycles. The molecule has 0 amide bonds. The first kappa shape index (κ1) is 18.2. The van der Waals surface area contributed by atoms with Crippen molar-refractivity contribution in [3.63, 3.8) is 0 Å². The van der Waals surface area contributed by atoms with Crippen LogP contribution in [0.5, 0.6) is 23.0 Å². The van der Waals surface area contributed by atoms with E-state index in [1.165, 1.54) is 0 Å². The van der Waals surface area contributed by atoms with E-state index in [9.17, 15) is 4.79 Å². The van der Waals surface area contributed by atoms with Crippen LogP contribution < -0.4 is 18.9 Å². The van der Waals surface area contributed by atoms with Gasteiger partial charge >= 0.3 is 5.97 Å². The van der Waals surface area contributed by atoms with Gasteiger partial charge in [0.15, 0.2) is 23.0 Å². The molecule has 1 aliphatic heterocycles. The highest BCUT2D eigenvalue weighted by atomic mass is 35.5. The molecule has 3 rings (SSSR count). The van der Waals surface area contributed by atoms with Crippen LogP contribution in [0, 0.1) is 0 Å². The van der Waals surface area contributed by atoms with Crippen molar-refractivity contribution in [2.75, 3.05) is 27.4 Å². The van der Waals surface area contributed by atoms with Crippen LogP contribution in [-0.4, -0.2) is 33.4 Å². The van der Waals surface area contributed by atoms with E-state index in [1.54, 1.807) is 44.6 Å². The zero-order valence-electron chi connectivity index (χ0n) is 14.5. The SMILES string of the molecule is COc1ccc(CC(=O)OCc2cc(Cl)c3c(c2)OCCO3)cc1OC. The topological polar surface area (TPSA) is 63.2 Å². The lowest BCUT2D eigenvalue weighted by Crippen LogP contribution is -2.16. The number of ether oxygens (including phenoxy) is 5. The quantitative estimate of drug-likeness (QED) is 0.718. The van der Waals surface area contributed by atoms with Crippen molar-refractivity contribution in [3.05, 3.63) is 46.5 Å². The Hall–Kier alpha value is -2.60. The summed E-state index contributed by atoms with van der Waals surface area (Å²) in [6.07, 6.45) is 0.124. The van der Waals surface area contributed by atoms with E-state index in [2.05, 4.69) is 0 Å². The number of methoxy groups -OCH3 is 2. The third-order valence-electron chi connectivity index (χ3n) is 3.85. The van der Waals surface area contributed by atoms with Gasteiger partial charge in [0.05, 0.1) is 25.7 Å². The van der Waals surface area contributed by atoms with E-state index in [1.807, 2.05) is 0 Å². The maximum absolute atomic E-state index is 12.1. The third kappa shape index (κ3) is 4.14. The number of rotatable bonds is 6. The minimum absolute atomic E-state index is 0.0997. The first-order chi connectivity index (χ1) is 12.6. The van der Waals surface area contributed by atoms with Gasteiger partial charge in [-0.05, 0) is 35.4 Å². The minimum atomic E-state index is -0.358. The molecule has 0 saturated heterocycles. The summed E-state index contributed by atoms with van der Waals surface area (Å²) in [5.74, 6) is 1.91. The van der Waals surface area contributed by atoms with Crippen LogP contribution in [0.15, 0.2) is 30.3 Å². The Morgan fingerprint density at radius 1 is 1.04 bits per heavy atom. The predicted molar refractivity (Wildman–Crippen MR) is 95.5 cm³/mol. The molecule has 26 heavy (non-hydrogen) atoms. The highest BCUT2D eigenvalue weighted by molar-refractivity contribution is 6.32. The largest absolute Gasteiger partial charge is 0.493 e. The number of carbonyl (C=O) groups is 1. The average molecular weight is 379 g/mol. The average Bonchev–Trinajstić information content (AvgIpc) is 2.66. The molecule has 6 nitrogen and oxygen atoms in total. The van der Waals surface area contributed by atoms with Crippen LogP contribution in [0.3, 0.4) is 0 Å². The predicted octanol–water partition coefficient (Wildman–Crippen LogP) is 3.41. The molecule has 0 spiro atoms. The Morgan fingerprint density at radius 3 is 2.58 bits per heavy atom. The maximum Gasteiger partial charge on any atom is 0.310 e. The Bertz CT molecular complexity index is 805. The number of hydrogen-bond acceptors (Lipinski definition) is 6. The number of halogens is 1. The molecule has 0 saturated carbocycles. The van der Waals surface area contributed by atoms with Crippen molar-refractivity contribution in [3.8, 4) is 23.0 Å². The summed E-state index contributed by atoms with van der Waals surface area (Å²) in [6.45, 7) is 1.03. The molecule has 1 aliphatic rings. The third-order valence-corrected chi connectivity index (χ3v) is 4.13. The summed E-state index contributed by atoms with van der Waals surface area (Å²) in [6, 6.07) is 8.77. The lowest BCUT2D eigenvalue weighted by Gasteiger charge is -2.20. The van der Waals surface area contributed by atoms with E-state index in [0.717, 1.165) is 11.1 Å². The van der Waals surface area contributed by atoms with Crippen LogP contribution in [0.4, 0.5) is 0 Å². The zero-order valence-corrected chi connectivity index (χ0v) is 15.3. The summed E-state index contributed by atoms with van der Waals surface area (Å²) < 4.78 is 26.7. The number of hydrogen-bond donors (Lipinski definition) is 0. The van der Waals surface area contributed by atoms with Crippen molar-refractivity contribution >= 4 is 17.6 Å². The fraction of sp³-hybridized carbons (Fsp3) is 0.316. The molecule has 1 heterocycles. The van der Waals surface area contributed by atoms with Crippen LogP contribution in [0.25, 0.3) is 0 Å². The molecule has 0 bridgehead atoms. The number of fused-ring (bicyclic) bond motifs is 1. The minimum Gasteiger partial charge on any atom is -0.493 e. The molecule has 0 fully saturated rings. The second kappa shape index (κ2) is 8.19. The van der Waals surface area contributed by atoms with E-state index >= 15 is 0 Å². The molecule has 0 radical (unpaired) electrons. The van der Waals surface area contributed by atoms with Crippen LogP contribution >= 0.6 is 11.6 Å². The van der Waals surface area contributed by atoms with Crippen molar-refractivity contribution in [1.82, 2.24) is 0 Å². The highest BCUT2D eigenvalue weighted by Gasteiger charge is 2.17. The summed E-state index contributed by atoms with van der Waals surface area (Å²) >= 11 is 6.18. The Labute approximate surface area is 156 Å². The monoisotopic (exact) mass is 378 g/mol. The smallest absolute Gasteiger partial charge is 0.310 e. The highest BCUT2D eigenvalue weighted by Crippen LogP contribution is 2.38. The molecule has 7 heteroatoms. The summed E-state index contributed by atoms with van der Waals surface area (Å²) in [7, 11) is 3.11. The van der Waals surface area contributed by atoms with Crippen LogP contribution in [-0.2, 0) is 22.6 Å². The summed E-state index contributed by atoms with van der Waals surface area (Å²) in [5.41, 5.74) is 1.51. The molecule has 2 aromatic rings. The van der Waals surface area contributed by atoms with Crippen molar-refractivity contribution in [1.29, 1.82) is 0 Å². The summed E-state index contributed by atoms with van der Waals surface area (Å²) in [4.78, 5) is 12.1. The molecule has 0 N–H and O–H groups in total. The molecule has 0 unspecified atom stereocenters. The van der Waals surface area contributed by atoms with Gasteiger partial charge < -0.3 is 23.7 Å². The van der Waals surface area contributed by atoms with Gasteiger partial charge in [0, 0.05) is 0 Å². The molecule has 0 aliphatic carbocycles. The molecular formula is C19H19ClO6. The number of carbonyl (C=O) groups excluding carboxylic acids is 1. The van der Waals surface area contributed by atoms with Crippen molar-refractivity contribution in [2.45, 2.75) is 13.0 Å². The fourth-order valence-electron chi connectivity index (χ4n) is 2.62. The van der Waals surface area contributed by atoms with E-state index in [4.69, 9.17) is 35.3 Å². The van der Waals surface area contributed by atoms with Gasteiger partial charge in [-0.15, -0.1) is 0 Å². The lowest BCUT2D eigenvalue weighted by molar-refractivity contribution is -0.144. The Balaban J connectivity index is 1.62.